The third-order valence-corrected chi connectivity index (χ3v) is 5.57. The molecular formula is C16H16F2N2O4S. The number of hydrogen-bond acceptors (Lipinski definition) is 4. The highest BCUT2D eigenvalue weighted by Gasteiger charge is 2.26. The second-order valence-electron chi connectivity index (χ2n) is 5.72. The molecule has 1 aliphatic rings. The molecule has 1 saturated heterocycles. The van der Waals surface area contributed by atoms with Crippen molar-refractivity contribution in [1.82, 2.24) is 4.57 Å². The summed E-state index contributed by atoms with van der Waals surface area (Å²) in [6, 6.07) is 0.889. The number of nitrogens with zero attached hydrogens (tertiary/aromatic N) is 2. The average Bonchev–Trinajstić information content (AvgIpc) is 2.57. The summed E-state index contributed by atoms with van der Waals surface area (Å²) < 4.78 is 42.4. The molecule has 1 aromatic heterocycles. The number of aromatic nitrogens is 1. The maximum absolute atomic E-state index is 15.1. The van der Waals surface area contributed by atoms with Crippen LogP contribution in [-0.4, -0.2) is 44.4 Å². The van der Waals surface area contributed by atoms with E-state index in [2.05, 4.69) is 0 Å². The van der Waals surface area contributed by atoms with Gasteiger partial charge in [-0.1, -0.05) is 0 Å². The predicted octanol–water partition coefficient (Wildman–Crippen LogP) is 1.57. The normalized spacial score (nSPS) is 15.7. The minimum absolute atomic E-state index is 0.124. The number of hydrogen-bond donors (Lipinski definition) is 1. The summed E-state index contributed by atoms with van der Waals surface area (Å²) >= 11 is 0. The monoisotopic (exact) mass is 370 g/mol. The lowest BCUT2D eigenvalue weighted by Gasteiger charge is -2.29. The Kier molecular flexibility index (Phi) is 4.59. The molecular weight excluding hydrogens is 354 g/mol. The van der Waals surface area contributed by atoms with Gasteiger partial charge in [-0.15, -0.1) is 0 Å². The first-order chi connectivity index (χ1) is 11.8. The lowest BCUT2D eigenvalue weighted by atomic mass is 10.1. The molecule has 2 aromatic rings. The van der Waals surface area contributed by atoms with Crippen molar-refractivity contribution in [3.63, 3.8) is 0 Å². The Morgan fingerprint density at radius 1 is 1.32 bits per heavy atom. The second kappa shape index (κ2) is 6.55. The summed E-state index contributed by atoms with van der Waals surface area (Å²) in [7, 11) is -1.00. The third kappa shape index (κ3) is 2.92. The number of halogens is 2. The van der Waals surface area contributed by atoms with Crippen molar-refractivity contribution in [3.8, 4) is 0 Å². The quantitative estimate of drug-likeness (QED) is 0.887. The molecule has 0 aliphatic carbocycles. The molecule has 0 unspecified atom stereocenters. The summed E-state index contributed by atoms with van der Waals surface area (Å²) in [5, 5.41) is 8.82. The lowest BCUT2D eigenvalue weighted by Crippen LogP contribution is -2.39. The lowest BCUT2D eigenvalue weighted by molar-refractivity contribution is 0.0695. The first-order valence-corrected chi connectivity index (χ1v) is 9.22. The van der Waals surface area contributed by atoms with Crippen LogP contribution in [0.2, 0.25) is 0 Å². The van der Waals surface area contributed by atoms with Crippen LogP contribution in [0.4, 0.5) is 14.5 Å². The highest BCUT2D eigenvalue weighted by atomic mass is 32.2. The summed E-state index contributed by atoms with van der Waals surface area (Å²) in [5.41, 5.74) is -1.85. The Morgan fingerprint density at radius 3 is 2.52 bits per heavy atom. The Bertz CT molecular complexity index is 948. The van der Waals surface area contributed by atoms with Crippen LogP contribution >= 0.6 is 0 Å². The van der Waals surface area contributed by atoms with E-state index in [4.69, 9.17) is 5.11 Å². The van der Waals surface area contributed by atoms with Gasteiger partial charge in [0.15, 0.2) is 5.82 Å². The van der Waals surface area contributed by atoms with Crippen molar-refractivity contribution >= 4 is 33.4 Å². The number of benzene rings is 1. The van der Waals surface area contributed by atoms with Crippen LogP contribution in [0.25, 0.3) is 10.9 Å². The predicted molar refractivity (Wildman–Crippen MR) is 90.8 cm³/mol. The molecule has 25 heavy (non-hydrogen) atoms. The minimum Gasteiger partial charge on any atom is -0.477 e. The summed E-state index contributed by atoms with van der Waals surface area (Å²) in [6.07, 6.45) is 1.07. The van der Waals surface area contributed by atoms with Crippen LogP contribution in [0, 0.1) is 11.6 Å². The highest BCUT2D eigenvalue weighted by Crippen LogP contribution is 2.30. The van der Waals surface area contributed by atoms with E-state index in [0.29, 0.717) is 11.5 Å². The van der Waals surface area contributed by atoms with Crippen molar-refractivity contribution in [1.29, 1.82) is 0 Å². The van der Waals surface area contributed by atoms with Crippen molar-refractivity contribution in [2.45, 2.75) is 13.5 Å². The van der Waals surface area contributed by atoms with Crippen LogP contribution in [0.1, 0.15) is 17.3 Å². The first kappa shape index (κ1) is 17.5. The smallest absolute Gasteiger partial charge is 0.341 e. The Balaban J connectivity index is 2.29. The van der Waals surface area contributed by atoms with Gasteiger partial charge < -0.3 is 14.6 Å². The van der Waals surface area contributed by atoms with E-state index in [1.54, 1.807) is 6.92 Å². The van der Waals surface area contributed by atoms with Crippen LogP contribution < -0.4 is 10.3 Å². The SMILES string of the molecule is CCn1cc(C(=O)O)c(=O)c2cc(F)c(N3CCS(=O)CC3)c(F)c21. The van der Waals surface area contributed by atoms with Gasteiger partial charge in [0, 0.05) is 48.1 Å². The van der Waals surface area contributed by atoms with Gasteiger partial charge in [-0.05, 0) is 13.0 Å². The maximum Gasteiger partial charge on any atom is 0.341 e. The van der Waals surface area contributed by atoms with Crippen LogP contribution in [0.5, 0.6) is 0 Å². The molecule has 134 valence electrons. The maximum atomic E-state index is 15.1. The second-order valence-corrected chi connectivity index (χ2v) is 7.41. The largest absolute Gasteiger partial charge is 0.477 e. The van der Waals surface area contributed by atoms with Crippen LogP contribution in [-0.2, 0) is 17.3 Å². The number of anilines is 1. The number of carboxylic acids is 1. The number of aryl methyl sites for hydroxylation is 1. The average molecular weight is 370 g/mol. The molecule has 3 rings (SSSR count). The van der Waals surface area contributed by atoms with Gasteiger partial charge in [0.1, 0.15) is 17.1 Å². The number of fused-ring (bicyclic) bond motifs is 1. The standard InChI is InChI=1S/C16H16F2N2O4S/c1-2-19-8-10(16(22)23)15(21)9-7-11(17)14(12(18)13(9)19)20-3-5-25(24)6-4-20/h7-8H,2-6H2,1H3,(H,22,23). The van der Waals surface area contributed by atoms with Gasteiger partial charge >= 0.3 is 5.97 Å². The number of carbonyl (C=O) groups is 1. The molecule has 1 N–H and O–H groups in total. The summed E-state index contributed by atoms with van der Waals surface area (Å²) in [4.78, 5) is 25.0. The zero-order valence-electron chi connectivity index (χ0n) is 13.4. The van der Waals surface area contributed by atoms with E-state index < -0.39 is 39.4 Å². The van der Waals surface area contributed by atoms with Gasteiger partial charge in [0.2, 0.25) is 5.43 Å². The molecule has 0 amide bonds. The molecule has 0 radical (unpaired) electrons. The molecule has 6 nitrogen and oxygen atoms in total. The molecule has 1 fully saturated rings. The van der Waals surface area contributed by atoms with Crippen molar-refractivity contribution < 1.29 is 22.9 Å². The topological polar surface area (TPSA) is 79.6 Å². The van der Waals surface area contributed by atoms with E-state index in [-0.39, 0.29) is 36.2 Å². The molecule has 9 heteroatoms. The molecule has 2 heterocycles. The van der Waals surface area contributed by atoms with Gasteiger partial charge in [-0.3, -0.25) is 9.00 Å². The molecule has 0 spiro atoms. The molecule has 0 bridgehead atoms. The van der Waals surface area contributed by atoms with E-state index in [0.717, 1.165) is 12.3 Å². The van der Waals surface area contributed by atoms with Crippen LogP contribution in [0.15, 0.2) is 17.1 Å². The zero-order chi connectivity index (χ0) is 18.3. The summed E-state index contributed by atoms with van der Waals surface area (Å²) in [5.74, 6) is -2.65. The van der Waals surface area contributed by atoms with Gasteiger partial charge in [-0.2, -0.15) is 0 Å². The van der Waals surface area contributed by atoms with E-state index in [1.807, 2.05) is 0 Å². The van der Waals surface area contributed by atoms with Crippen molar-refractivity contribution in [3.05, 3.63) is 39.7 Å². The number of pyridine rings is 1. The zero-order valence-corrected chi connectivity index (χ0v) is 14.2. The molecule has 0 saturated carbocycles. The van der Waals surface area contributed by atoms with E-state index in [9.17, 15) is 18.2 Å². The first-order valence-electron chi connectivity index (χ1n) is 7.73. The number of carboxylic acid groups (broad SMARTS) is 1. The van der Waals surface area contributed by atoms with Crippen molar-refractivity contribution in [2.75, 3.05) is 29.5 Å². The van der Waals surface area contributed by atoms with Gasteiger partial charge in [0.05, 0.1) is 10.9 Å². The minimum atomic E-state index is -1.45. The fraction of sp³-hybridized carbons (Fsp3) is 0.375. The Hall–Kier alpha value is -2.29. The van der Waals surface area contributed by atoms with Gasteiger partial charge in [0.25, 0.3) is 0 Å². The fourth-order valence-electron chi connectivity index (χ4n) is 3.03. The highest BCUT2D eigenvalue weighted by molar-refractivity contribution is 7.85. The molecule has 1 aromatic carbocycles. The van der Waals surface area contributed by atoms with Crippen molar-refractivity contribution in [2.24, 2.45) is 0 Å². The van der Waals surface area contributed by atoms with Crippen LogP contribution in [0.3, 0.4) is 0 Å². The van der Waals surface area contributed by atoms with E-state index >= 15 is 4.39 Å². The summed E-state index contributed by atoms with van der Waals surface area (Å²) in [6.45, 7) is 2.37. The van der Waals surface area contributed by atoms with E-state index in [1.165, 1.54) is 9.47 Å². The Labute approximate surface area is 144 Å². The van der Waals surface area contributed by atoms with Gasteiger partial charge in [-0.25, -0.2) is 13.6 Å². The fourth-order valence-corrected chi connectivity index (χ4v) is 4.08. The number of aromatic carboxylic acids is 1. The molecule has 1 aliphatic heterocycles. The number of rotatable bonds is 3. The third-order valence-electron chi connectivity index (χ3n) is 4.29. The molecule has 0 atom stereocenters. The Morgan fingerprint density at radius 2 is 1.96 bits per heavy atom.